The van der Waals surface area contributed by atoms with Crippen molar-refractivity contribution >= 4 is 11.9 Å². The van der Waals surface area contributed by atoms with Gasteiger partial charge in [0.25, 0.3) is 0 Å². The molecule has 2 N–H and O–H groups in total. The van der Waals surface area contributed by atoms with Gasteiger partial charge in [0, 0.05) is 0 Å². The van der Waals surface area contributed by atoms with Crippen molar-refractivity contribution in [2.24, 2.45) is 0 Å². The van der Waals surface area contributed by atoms with E-state index >= 15 is 0 Å². The van der Waals surface area contributed by atoms with E-state index in [1.165, 1.54) is 0 Å². The van der Waals surface area contributed by atoms with Gasteiger partial charge in [-0.25, -0.2) is 14.6 Å². The number of carboxylic acid groups (broad SMARTS) is 2. The summed E-state index contributed by atoms with van der Waals surface area (Å²) in [4.78, 5) is 28.9. The van der Waals surface area contributed by atoms with E-state index in [4.69, 9.17) is 10.2 Å². The molecule has 0 aliphatic carbocycles. The molecule has 0 saturated heterocycles. The van der Waals surface area contributed by atoms with Gasteiger partial charge in [0.05, 0.1) is 13.0 Å². The molecule has 1 atom stereocenters. The van der Waals surface area contributed by atoms with E-state index < -0.39 is 24.5 Å². The summed E-state index contributed by atoms with van der Waals surface area (Å²) in [5.74, 6) is -2.60. The molecule has 0 bridgehead atoms. The molecule has 1 unspecified atom stereocenters. The van der Waals surface area contributed by atoms with Crippen LogP contribution < -0.4 is 0 Å². The third-order valence-electron chi connectivity index (χ3n) is 0.937. The number of carbonyl (C=O) groups is 2. The molecule has 0 heterocycles. The van der Waals surface area contributed by atoms with Crippen molar-refractivity contribution in [3.63, 3.8) is 0 Å². The molecule has 0 rings (SSSR count). The highest BCUT2D eigenvalue weighted by atomic mass is 17.2. The summed E-state index contributed by atoms with van der Waals surface area (Å²) < 4.78 is 0. The minimum atomic E-state index is -1.44. The lowest BCUT2D eigenvalue weighted by Crippen LogP contribution is -2.27. The fourth-order valence-electron chi connectivity index (χ4n) is 0.471. The quantitative estimate of drug-likeness (QED) is 0.435. The van der Waals surface area contributed by atoms with Gasteiger partial charge in [-0.1, -0.05) is 0 Å². The van der Waals surface area contributed by atoms with Crippen LogP contribution in [0.5, 0.6) is 0 Å². The normalized spacial score (nSPS) is 12.4. The van der Waals surface area contributed by atoms with Gasteiger partial charge < -0.3 is 10.2 Å². The zero-order valence-corrected chi connectivity index (χ0v) is 6.52. The molecule has 0 aromatic heterocycles. The largest absolute Gasteiger partial charge is 0.481 e. The molecule has 0 saturated carbocycles. The Bertz CT molecular complexity index is 165. The van der Waals surface area contributed by atoms with Crippen molar-refractivity contribution in [3.05, 3.63) is 0 Å². The van der Waals surface area contributed by atoms with E-state index in [1.807, 2.05) is 0 Å². The number of hydrogen-bond donors (Lipinski definition) is 2. The molecule has 6 heteroatoms. The van der Waals surface area contributed by atoms with Crippen LogP contribution in [0.15, 0.2) is 0 Å². The Morgan fingerprint density at radius 2 is 2.00 bits per heavy atom. The Kier molecular flexibility index (Phi) is 4.98. The van der Waals surface area contributed by atoms with Crippen LogP contribution in [0.4, 0.5) is 0 Å². The molecule has 70 valence electrons. The average molecular weight is 178 g/mol. The van der Waals surface area contributed by atoms with Gasteiger partial charge in [0.2, 0.25) is 0 Å². The second kappa shape index (κ2) is 5.50. The molecule has 0 radical (unpaired) electrons. The lowest BCUT2D eigenvalue weighted by molar-refractivity contribution is -0.317. The lowest BCUT2D eigenvalue weighted by atomic mass is 10.3. The first-order chi connectivity index (χ1) is 5.57. The zero-order valence-electron chi connectivity index (χ0n) is 6.52. The number of hydrogen-bond acceptors (Lipinski definition) is 4. The minimum Gasteiger partial charge on any atom is -0.481 e. The Hall–Kier alpha value is -1.14. The summed E-state index contributed by atoms with van der Waals surface area (Å²) in [6.45, 7) is 1.77. The predicted molar refractivity (Wildman–Crippen MR) is 36.4 cm³/mol. The van der Waals surface area contributed by atoms with E-state index in [2.05, 4.69) is 9.78 Å². The van der Waals surface area contributed by atoms with Crippen LogP contribution in [-0.4, -0.2) is 34.9 Å². The first kappa shape index (κ1) is 10.9. The van der Waals surface area contributed by atoms with Crippen LogP contribution >= 0.6 is 0 Å². The summed E-state index contributed by atoms with van der Waals surface area (Å²) >= 11 is 0. The molecule has 0 aromatic carbocycles. The fraction of sp³-hybridized carbons (Fsp3) is 0.667. The van der Waals surface area contributed by atoms with Gasteiger partial charge in [-0.3, -0.25) is 4.79 Å². The third-order valence-corrected chi connectivity index (χ3v) is 0.937. The van der Waals surface area contributed by atoms with Crippen molar-refractivity contribution in [1.29, 1.82) is 0 Å². The third kappa shape index (κ3) is 4.64. The monoisotopic (exact) mass is 178 g/mol. The highest BCUT2D eigenvalue weighted by Crippen LogP contribution is 1.99. The second-order valence-electron chi connectivity index (χ2n) is 1.93. The number of carboxylic acids is 2. The van der Waals surface area contributed by atoms with Crippen LogP contribution in [0, 0.1) is 0 Å². The van der Waals surface area contributed by atoms with Gasteiger partial charge in [0.15, 0.2) is 6.10 Å². The lowest BCUT2D eigenvalue weighted by Gasteiger charge is -2.08. The molecule has 0 fully saturated rings. The summed E-state index contributed by atoms with van der Waals surface area (Å²) in [6.07, 6.45) is -2.06. The first-order valence-electron chi connectivity index (χ1n) is 3.30. The van der Waals surface area contributed by atoms with Crippen LogP contribution in [0.1, 0.15) is 13.3 Å². The van der Waals surface area contributed by atoms with Crippen molar-refractivity contribution in [3.8, 4) is 0 Å². The summed E-state index contributed by atoms with van der Waals surface area (Å²) in [7, 11) is 0. The van der Waals surface area contributed by atoms with Gasteiger partial charge in [-0.2, -0.15) is 0 Å². The second-order valence-corrected chi connectivity index (χ2v) is 1.93. The van der Waals surface area contributed by atoms with E-state index in [-0.39, 0.29) is 6.61 Å². The van der Waals surface area contributed by atoms with Crippen molar-refractivity contribution in [2.45, 2.75) is 19.4 Å². The van der Waals surface area contributed by atoms with Crippen molar-refractivity contribution < 1.29 is 29.6 Å². The Balaban J connectivity index is 3.87. The van der Waals surface area contributed by atoms with E-state index in [9.17, 15) is 9.59 Å². The fourth-order valence-corrected chi connectivity index (χ4v) is 0.471. The van der Waals surface area contributed by atoms with Gasteiger partial charge >= 0.3 is 11.9 Å². The number of aliphatic carboxylic acids is 2. The highest BCUT2D eigenvalue weighted by molar-refractivity contribution is 5.79. The van der Waals surface area contributed by atoms with Crippen molar-refractivity contribution in [2.75, 3.05) is 6.61 Å². The van der Waals surface area contributed by atoms with Crippen LogP contribution in [0.3, 0.4) is 0 Å². The molecule has 12 heavy (non-hydrogen) atoms. The molecule has 0 aliphatic heterocycles. The summed E-state index contributed by atoms with van der Waals surface area (Å²) in [5.41, 5.74) is 0. The van der Waals surface area contributed by atoms with Gasteiger partial charge in [-0.15, -0.1) is 0 Å². The number of rotatable bonds is 6. The molecule has 6 nitrogen and oxygen atoms in total. The minimum absolute atomic E-state index is 0.170. The maximum absolute atomic E-state index is 10.3. The van der Waals surface area contributed by atoms with Crippen molar-refractivity contribution in [1.82, 2.24) is 0 Å². The van der Waals surface area contributed by atoms with E-state index in [1.54, 1.807) is 6.92 Å². The Morgan fingerprint density at radius 1 is 1.42 bits per heavy atom. The molecule has 0 amide bonds. The summed E-state index contributed by atoms with van der Waals surface area (Å²) in [6, 6.07) is 0. The predicted octanol–water partition coefficient (Wildman–Crippen LogP) is -0.118. The molecule has 0 aromatic rings. The SMILES string of the molecule is CCOOC(CC(=O)O)C(=O)O. The standard InChI is InChI=1S/C6H10O6/c1-2-11-12-4(6(9)10)3-5(7)8/h4H,2-3H2,1H3,(H,7,8)(H,9,10). The Morgan fingerprint density at radius 3 is 2.33 bits per heavy atom. The van der Waals surface area contributed by atoms with E-state index in [0.29, 0.717) is 0 Å². The van der Waals surface area contributed by atoms with Crippen LogP contribution in [-0.2, 0) is 19.4 Å². The highest BCUT2D eigenvalue weighted by Gasteiger charge is 2.22. The average Bonchev–Trinajstić information content (AvgIpc) is 1.96. The van der Waals surface area contributed by atoms with Crippen LogP contribution in [0.2, 0.25) is 0 Å². The van der Waals surface area contributed by atoms with E-state index in [0.717, 1.165) is 0 Å². The molecular formula is C6H10O6. The van der Waals surface area contributed by atoms with Crippen LogP contribution in [0.25, 0.3) is 0 Å². The maximum atomic E-state index is 10.3. The smallest absolute Gasteiger partial charge is 0.336 e. The topological polar surface area (TPSA) is 93.1 Å². The van der Waals surface area contributed by atoms with Gasteiger partial charge in [-0.05, 0) is 6.92 Å². The zero-order chi connectivity index (χ0) is 9.56. The molecule has 0 spiro atoms. The maximum Gasteiger partial charge on any atom is 0.336 e. The Labute approximate surface area is 68.6 Å². The van der Waals surface area contributed by atoms with Gasteiger partial charge in [0.1, 0.15) is 0 Å². The first-order valence-corrected chi connectivity index (χ1v) is 3.30. The molecular weight excluding hydrogens is 168 g/mol. The molecule has 0 aliphatic rings. The summed E-state index contributed by atoms with van der Waals surface area (Å²) in [5, 5.41) is 16.6.